The molecule has 3 aromatic rings. The quantitative estimate of drug-likeness (QED) is 0.785. The number of carbonyl (C=O) groups excluding carboxylic acids is 1. The highest BCUT2D eigenvalue weighted by atomic mass is 16.2. The molecule has 0 radical (unpaired) electrons. The highest BCUT2D eigenvalue weighted by Crippen LogP contribution is 2.21. The summed E-state index contributed by atoms with van der Waals surface area (Å²) in [6.07, 6.45) is 5.70. The molecule has 1 aliphatic heterocycles. The largest absolute Gasteiger partial charge is 0.340 e. The summed E-state index contributed by atoms with van der Waals surface area (Å²) in [6.45, 7) is 3.54. The van der Waals surface area contributed by atoms with Gasteiger partial charge in [-0.2, -0.15) is 0 Å². The molecule has 25 heavy (non-hydrogen) atoms. The van der Waals surface area contributed by atoms with Crippen LogP contribution in [0.2, 0.25) is 0 Å². The van der Waals surface area contributed by atoms with Crippen LogP contribution in [0.25, 0.3) is 5.52 Å². The number of amides is 1. The van der Waals surface area contributed by atoms with Gasteiger partial charge < -0.3 is 14.5 Å². The third-order valence-corrected chi connectivity index (χ3v) is 4.85. The molecular formula is C18H21N5O2. The van der Waals surface area contributed by atoms with Crippen molar-refractivity contribution in [3.05, 3.63) is 58.3 Å². The van der Waals surface area contributed by atoms with Crippen LogP contribution in [0, 0.1) is 12.8 Å². The first-order chi connectivity index (χ1) is 12.0. The number of carbonyl (C=O) groups is 1. The molecule has 1 amide bonds. The van der Waals surface area contributed by atoms with Crippen LogP contribution in [0.15, 0.2) is 35.4 Å². The number of aryl methyl sites for hydroxylation is 2. The predicted molar refractivity (Wildman–Crippen MR) is 93.8 cm³/mol. The first-order valence-corrected chi connectivity index (χ1v) is 8.50. The van der Waals surface area contributed by atoms with E-state index in [9.17, 15) is 9.59 Å². The molecule has 1 atom stereocenters. The van der Waals surface area contributed by atoms with E-state index >= 15 is 0 Å². The number of nitrogens with one attached hydrogen (secondary N) is 1. The molecule has 0 fully saturated rings. The van der Waals surface area contributed by atoms with Crippen LogP contribution in [0.4, 0.5) is 0 Å². The second kappa shape index (κ2) is 5.91. The average Bonchev–Trinajstić information content (AvgIpc) is 3.19. The Hall–Kier alpha value is -2.83. The van der Waals surface area contributed by atoms with Crippen LogP contribution in [-0.2, 0) is 13.0 Å². The lowest BCUT2D eigenvalue weighted by molar-refractivity contribution is 0.0754. The Balaban J connectivity index is 1.49. The summed E-state index contributed by atoms with van der Waals surface area (Å²) >= 11 is 0. The number of rotatable bonds is 3. The minimum atomic E-state index is -0.296. The van der Waals surface area contributed by atoms with Crippen molar-refractivity contribution < 1.29 is 4.79 Å². The van der Waals surface area contributed by atoms with E-state index in [1.165, 1.54) is 4.40 Å². The molecule has 0 saturated heterocycles. The Morgan fingerprint density at radius 1 is 1.48 bits per heavy atom. The van der Waals surface area contributed by atoms with Crippen molar-refractivity contribution in [3.8, 4) is 0 Å². The van der Waals surface area contributed by atoms with E-state index in [2.05, 4.69) is 20.7 Å². The molecule has 1 aliphatic rings. The Labute approximate surface area is 144 Å². The van der Waals surface area contributed by atoms with Crippen molar-refractivity contribution >= 4 is 11.4 Å². The van der Waals surface area contributed by atoms with Crippen molar-refractivity contribution in [2.75, 3.05) is 13.6 Å². The number of aromatic nitrogens is 4. The van der Waals surface area contributed by atoms with Crippen LogP contribution < -0.4 is 5.69 Å². The Morgan fingerprint density at radius 2 is 2.32 bits per heavy atom. The predicted octanol–water partition coefficient (Wildman–Crippen LogP) is 1.47. The van der Waals surface area contributed by atoms with Crippen LogP contribution in [0.1, 0.15) is 28.4 Å². The number of imidazole rings is 1. The lowest BCUT2D eigenvalue weighted by Crippen LogP contribution is -2.36. The molecule has 0 aromatic carbocycles. The lowest BCUT2D eigenvalue weighted by atomic mass is 9.99. The molecular weight excluding hydrogens is 318 g/mol. The first-order valence-electron chi connectivity index (χ1n) is 8.50. The van der Waals surface area contributed by atoms with E-state index in [0.29, 0.717) is 18.2 Å². The number of fused-ring (bicyclic) bond motifs is 2. The van der Waals surface area contributed by atoms with Crippen LogP contribution in [-0.4, -0.2) is 43.3 Å². The Bertz CT molecular complexity index is 996. The van der Waals surface area contributed by atoms with E-state index < -0.39 is 0 Å². The summed E-state index contributed by atoms with van der Waals surface area (Å²) in [5.41, 5.74) is 1.79. The second-order valence-corrected chi connectivity index (χ2v) is 6.83. The molecule has 3 aromatic heterocycles. The smallest absolute Gasteiger partial charge is 0.330 e. The molecule has 0 aliphatic carbocycles. The summed E-state index contributed by atoms with van der Waals surface area (Å²) in [4.78, 5) is 33.7. The van der Waals surface area contributed by atoms with Crippen molar-refractivity contribution in [2.24, 2.45) is 5.92 Å². The second-order valence-electron chi connectivity index (χ2n) is 6.83. The van der Waals surface area contributed by atoms with Gasteiger partial charge in [0.2, 0.25) is 0 Å². The molecule has 0 saturated carbocycles. The normalized spacial score (nSPS) is 16.8. The molecule has 4 heterocycles. The van der Waals surface area contributed by atoms with Crippen LogP contribution in [0.3, 0.4) is 0 Å². The molecule has 0 bridgehead atoms. The number of aromatic amines is 1. The van der Waals surface area contributed by atoms with Gasteiger partial charge in [0, 0.05) is 39.0 Å². The zero-order valence-corrected chi connectivity index (χ0v) is 14.4. The fourth-order valence-electron chi connectivity index (χ4n) is 3.65. The van der Waals surface area contributed by atoms with Gasteiger partial charge in [-0.1, -0.05) is 0 Å². The van der Waals surface area contributed by atoms with E-state index in [-0.39, 0.29) is 11.6 Å². The number of hydrogen-bond acceptors (Lipinski definition) is 3. The maximum Gasteiger partial charge on any atom is 0.330 e. The number of nitrogens with zero attached hydrogens (tertiary/aromatic N) is 4. The summed E-state index contributed by atoms with van der Waals surface area (Å²) in [6, 6.07) is 5.32. The third kappa shape index (κ3) is 2.86. The zero-order chi connectivity index (χ0) is 17.6. The van der Waals surface area contributed by atoms with Gasteiger partial charge in [-0.15, -0.1) is 0 Å². The van der Waals surface area contributed by atoms with Gasteiger partial charge in [-0.3, -0.25) is 9.20 Å². The minimum absolute atomic E-state index is 0.159. The Morgan fingerprint density at radius 3 is 3.16 bits per heavy atom. The fraction of sp³-hybridized carbons (Fsp3) is 0.389. The van der Waals surface area contributed by atoms with Crippen molar-refractivity contribution in [3.63, 3.8) is 0 Å². The zero-order valence-electron chi connectivity index (χ0n) is 14.4. The molecule has 130 valence electrons. The molecule has 1 unspecified atom stereocenters. The maximum atomic E-state index is 12.7. The van der Waals surface area contributed by atoms with Gasteiger partial charge in [0.25, 0.3) is 5.91 Å². The number of hydrogen-bond donors (Lipinski definition) is 1. The van der Waals surface area contributed by atoms with Gasteiger partial charge >= 0.3 is 5.69 Å². The minimum Gasteiger partial charge on any atom is -0.340 e. The van der Waals surface area contributed by atoms with Gasteiger partial charge in [-0.05, 0) is 37.5 Å². The molecule has 7 heteroatoms. The highest BCUT2D eigenvalue weighted by molar-refractivity contribution is 5.93. The van der Waals surface area contributed by atoms with E-state index in [1.54, 1.807) is 30.3 Å². The topological polar surface area (TPSA) is 75.4 Å². The SMILES string of the molecule is Cc1cn2c(n1)CCC(CN(C)C(=O)c1cc3cccn3c(=O)[nH]1)C2. The third-order valence-electron chi connectivity index (χ3n) is 4.85. The fourth-order valence-corrected chi connectivity index (χ4v) is 3.65. The molecule has 7 nitrogen and oxygen atoms in total. The highest BCUT2D eigenvalue weighted by Gasteiger charge is 2.23. The monoisotopic (exact) mass is 339 g/mol. The van der Waals surface area contributed by atoms with Gasteiger partial charge in [0.05, 0.1) is 11.2 Å². The Kier molecular flexibility index (Phi) is 3.71. The molecule has 4 rings (SSSR count). The van der Waals surface area contributed by atoms with Crippen molar-refractivity contribution in [2.45, 2.75) is 26.3 Å². The summed E-state index contributed by atoms with van der Waals surface area (Å²) in [5, 5.41) is 0. The maximum absolute atomic E-state index is 12.7. The molecule has 1 N–H and O–H groups in total. The van der Waals surface area contributed by atoms with Crippen molar-refractivity contribution in [1.29, 1.82) is 0 Å². The molecule has 0 spiro atoms. The average molecular weight is 339 g/mol. The van der Waals surface area contributed by atoms with Gasteiger partial charge in [0.15, 0.2) is 0 Å². The van der Waals surface area contributed by atoms with E-state index in [0.717, 1.165) is 36.4 Å². The van der Waals surface area contributed by atoms with Crippen molar-refractivity contribution in [1.82, 2.24) is 23.8 Å². The van der Waals surface area contributed by atoms with Gasteiger partial charge in [0.1, 0.15) is 11.5 Å². The summed E-state index contributed by atoms with van der Waals surface area (Å²) < 4.78 is 3.68. The lowest BCUT2D eigenvalue weighted by Gasteiger charge is -2.28. The standard InChI is InChI=1S/C18H21N5O2/c1-12-9-22-11-13(5-6-16(22)19-12)10-21(2)17(24)15-8-14-4-3-7-23(14)18(25)20-15/h3-4,7-9,13H,5-6,10-11H2,1-2H3,(H,20,25). The van der Waals surface area contributed by atoms with Crippen LogP contribution >= 0.6 is 0 Å². The van der Waals surface area contributed by atoms with E-state index in [4.69, 9.17) is 0 Å². The van der Waals surface area contributed by atoms with E-state index in [1.807, 2.05) is 13.0 Å². The summed E-state index contributed by atoms with van der Waals surface area (Å²) in [7, 11) is 1.79. The summed E-state index contributed by atoms with van der Waals surface area (Å²) in [5.74, 6) is 1.36. The first kappa shape index (κ1) is 15.7. The van der Waals surface area contributed by atoms with Crippen LogP contribution in [0.5, 0.6) is 0 Å². The van der Waals surface area contributed by atoms with Gasteiger partial charge in [-0.25, -0.2) is 9.78 Å². The number of H-pyrrole nitrogens is 1.